The molecule has 0 radical (unpaired) electrons. The molecule has 1 aliphatic heterocycles. The van der Waals surface area contributed by atoms with E-state index in [2.05, 4.69) is 0 Å². The zero-order chi connectivity index (χ0) is 15.3. The molecule has 2 aliphatic rings. The van der Waals surface area contributed by atoms with Crippen LogP contribution in [-0.4, -0.2) is 27.9 Å². The van der Waals surface area contributed by atoms with Crippen LogP contribution in [0.2, 0.25) is 0 Å². The lowest BCUT2D eigenvalue weighted by Gasteiger charge is -2.50. The molecule has 0 spiro atoms. The van der Waals surface area contributed by atoms with Gasteiger partial charge in [-0.2, -0.15) is 0 Å². The number of rotatable bonds is 2. The van der Waals surface area contributed by atoms with Crippen LogP contribution < -0.4 is 0 Å². The van der Waals surface area contributed by atoms with Crippen LogP contribution in [-0.2, 0) is 11.2 Å². The number of likely N-dealkylation sites (tertiary alicyclic amines) is 1. The lowest BCUT2D eigenvalue weighted by Crippen LogP contribution is -2.62. The van der Waals surface area contributed by atoms with Crippen molar-refractivity contribution in [1.29, 1.82) is 0 Å². The first-order valence-electron chi connectivity index (χ1n) is 7.37. The summed E-state index contributed by atoms with van der Waals surface area (Å²) < 4.78 is 0. The maximum Gasteiger partial charge on any atom is 0.326 e. The fourth-order valence-electron chi connectivity index (χ4n) is 3.81. The molecule has 1 N–H and O–H groups in total. The molecule has 3 atom stereocenters. The third-order valence-corrected chi connectivity index (χ3v) is 4.75. The summed E-state index contributed by atoms with van der Waals surface area (Å²) in [4.78, 5) is 25.9. The Bertz CT molecular complexity index is 756. The third-order valence-electron chi connectivity index (χ3n) is 4.75. The summed E-state index contributed by atoms with van der Waals surface area (Å²) in [6.45, 7) is 0. The van der Waals surface area contributed by atoms with Gasteiger partial charge < -0.3 is 10.0 Å². The standard InChI is InChI=1S/C18H15NO3/c20-17(11-6-2-1-3-7-11)19-15-13-9-5-4-8-12(13)10-14(15)16(19)18(21)22/h1-9,14-16H,10H2,(H,21,22)/t14?,15-,16?/m0/s1. The molecule has 1 aliphatic carbocycles. The van der Waals surface area contributed by atoms with Crippen LogP contribution in [0.25, 0.3) is 0 Å². The molecule has 0 aromatic heterocycles. The van der Waals surface area contributed by atoms with Crippen LogP contribution in [0, 0.1) is 5.92 Å². The quantitative estimate of drug-likeness (QED) is 0.925. The monoisotopic (exact) mass is 293 g/mol. The Morgan fingerprint density at radius 1 is 1.00 bits per heavy atom. The van der Waals surface area contributed by atoms with Gasteiger partial charge in [-0.3, -0.25) is 4.79 Å². The van der Waals surface area contributed by atoms with Gasteiger partial charge in [0.25, 0.3) is 5.91 Å². The molecule has 4 nitrogen and oxygen atoms in total. The van der Waals surface area contributed by atoms with Crippen LogP contribution in [0.3, 0.4) is 0 Å². The number of carboxylic acids is 1. The summed E-state index contributed by atoms with van der Waals surface area (Å²) in [5, 5.41) is 9.53. The molecule has 110 valence electrons. The SMILES string of the molecule is O=C(O)C1C2Cc3ccccc3[C@@H]2N1C(=O)c1ccccc1. The van der Waals surface area contributed by atoms with Crippen LogP contribution in [0.15, 0.2) is 54.6 Å². The summed E-state index contributed by atoms with van der Waals surface area (Å²) in [6.07, 6.45) is 0.733. The van der Waals surface area contributed by atoms with E-state index in [0.717, 1.165) is 17.5 Å². The summed E-state index contributed by atoms with van der Waals surface area (Å²) in [7, 11) is 0. The van der Waals surface area contributed by atoms with Crippen molar-refractivity contribution in [1.82, 2.24) is 4.90 Å². The molecule has 0 bridgehead atoms. The van der Waals surface area contributed by atoms with Crippen LogP contribution >= 0.6 is 0 Å². The van der Waals surface area contributed by atoms with E-state index in [1.807, 2.05) is 30.3 Å². The second kappa shape index (κ2) is 4.70. The van der Waals surface area contributed by atoms with Crippen molar-refractivity contribution in [3.63, 3.8) is 0 Å². The molecular formula is C18H15NO3. The smallest absolute Gasteiger partial charge is 0.326 e. The Labute approximate surface area is 128 Å². The van der Waals surface area contributed by atoms with Crippen molar-refractivity contribution in [2.75, 3.05) is 0 Å². The van der Waals surface area contributed by atoms with Crippen LogP contribution in [0.4, 0.5) is 0 Å². The first kappa shape index (κ1) is 13.1. The topological polar surface area (TPSA) is 57.6 Å². The molecule has 1 amide bonds. The number of fused-ring (bicyclic) bond motifs is 3. The molecule has 1 fully saturated rings. The van der Waals surface area contributed by atoms with Gasteiger partial charge in [0.05, 0.1) is 6.04 Å². The molecular weight excluding hydrogens is 278 g/mol. The average molecular weight is 293 g/mol. The van der Waals surface area contributed by atoms with Crippen molar-refractivity contribution in [3.05, 3.63) is 71.3 Å². The first-order chi connectivity index (χ1) is 10.7. The highest BCUT2D eigenvalue weighted by molar-refractivity contribution is 5.98. The minimum absolute atomic E-state index is 0.0115. The van der Waals surface area contributed by atoms with E-state index in [0.29, 0.717) is 5.56 Å². The van der Waals surface area contributed by atoms with Crippen molar-refractivity contribution < 1.29 is 14.7 Å². The fraction of sp³-hybridized carbons (Fsp3) is 0.222. The normalized spacial score (nSPS) is 25.1. The zero-order valence-electron chi connectivity index (χ0n) is 11.8. The number of hydrogen-bond donors (Lipinski definition) is 1. The second-order valence-electron chi connectivity index (χ2n) is 5.87. The maximum absolute atomic E-state index is 12.8. The summed E-state index contributed by atoms with van der Waals surface area (Å²) in [5.74, 6) is -1.13. The largest absolute Gasteiger partial charge is 0.480 e. The predicted octanol–water partition coefficient (Wildman–Crippen LogP) is 2.51. The van der Waals surface area contributed by atoms with Gasteiger partial charge in [-0.15, -0.1) is 0 Å². The van der Waals surface area contributed by atoms with E-state index in [-0.39, 0.29) is 17.9 Å². The molecule has 1 heterocycles. The summed E-state index contributed by atoms with van der Waals surface area (Å²) in [5.41, 5.74) is 2.79. The minimum Gasteiger partial charge on any atom is -0.480 e. The molecule has 4 rings (SSSR count). The molecule has 2 aromatic carbocycles. The highest BCUT2D eigenvalue weighted by Gasteiger charge is 2.58. The Kier molecular flexibility index (Phi) is 2.79. The number of carboxylic acid groups (broad SMARTS) is 1. The number of amides is 1. The predicted molar refractivity (Wildman–Crippen MR) is 80.4 cm³/mol. The highest BCUT2D eigenvalue weighted by Crippen LogP contribution is 2.52. The van der Waals surface area contributed by atoms with Gasteiger partial charge in [-0.1, -0.05) is 42.5 Å². The molecule has 4 heteroatoms. The van der Waals surface area contributed by atoms with Gasteiger partial charge in [0.15, 0.2) is 0 Å². The van der Waals surface area contributed by atoms with E-state index < -0.39 is 12.0 Å². The maximum atomic E-state index is 12.8. The van der Waals surface area contributed by atoms with Crippen LogP contribution in [0.1, 0.15) is 27.5 Å². The van der Waals surface area contributed by atoms with Crippen molar-refractivity contribution in [3.8, 4) is 0 Å². The van der Waals surface area contributed by atoms with E-state index in [1.54, 1.807) is 24.3 Å². The molecule has 22 heavy (non-hydrogen) atoms. The van der Waals surface area contributed by atoms with Crippen molar-refractivity contribution in [2.24, 2.45) is 5.92 Å². The minimum atomic E-state index is -0.918. The van der Waals surface area contributed by atoms with E-state index in [4.69, 9.17) is 0 Å². The van der Waals surface area contributed by atoms with Gasteiger partial charge in [0.1, 0.15) is 6.04 Å². The summed E-state index contributed by atoms with van der Waals surface area (Å²) >= 11 is 0. The van der Waals surface area contributed by atoms with Gasteiger partial charge >= 0.3 is 5.97 Å². The van der Waals surface area contributed by atoms with Gasteiger partial charge in [-0.25, -0.2) is 4.79 Å². The number of nitrogens with zero attached hydrogens (tertiary/aromatic N) is 1. The Morgan fingerprint density at radius 2 is 1.68 bits per heavy atom. The lowest BCUT2D eigenvalue weighted by molar-refractivity contribution is -0.155. The molecule has 2 unspecified atom stereocenters. The number of aliphatic carboxylic acids is 1. The third kappa shape index (κ3) is 1.70. The van der Waals surface area contributed by atoms with Gasteiger partial charge in [0.2, 0.25) is 0 Å². The van der Waals surface area contributed by atoms with Crippen LogP contribution in [0.5, 0.6) is 0 Å². The lowest BCUT2D eigenvalue weighted by atomic mass is 9.79. The Hall–Kier alpha value is -2.62. The van der Waals surface area contributed by atoms with Crippen molar-refractivity contribution >= 4 is 11.9 Å². The first-order valence-corrected chi connectivity index (χ1v) is 7.37. The summed E-state index contributed by atoms with van der Waals surface area (Å²) in [6, 6.07) is 16.0. The fourth-order valence-corrected chi connectivity index (χ4v) is 3.81. The van der Waals surface area contributed by atoms with Gasteiger partial charge in [0, 0.05) is 11.5 Å². The van der Waals surface area contributed by atoms with E-state index in [1.165, 1.54) is 4.90 Å². The molecule has 2 aromatic rings. The number of carbonyl (C=O) groups excluding carboxylic acids is 1. The van der Waals surface area contributed by atoms with Crippen molar-refractivity contribution in [2.45, 2.75) is 18.5 Å². The molecule has 1 saturated heterocycles. The Balaban J connectivity index is 1.74. The van der Waals surface area contributed by atoms with E-state index in [9.17, 15) is 14.7 Å². The van der Waals surface area contributed by atoms with Gasteiger partial charge in [-0.05, 0) is 29.7 Å². The molecule has 0 saturated carbocycles. The zero-order valence-corrected chi connectivity index (χ0v) is 11.8. The average Bonchev–Trinajstić information content (AvgIpc) is 2.82. The number of carbonyl (C=O) groups is 2. The number of benzene rings is 2. The number of hydrogen-bond acceptors (Lipinski definition) is 2. The second-order valence-corrected chi connectivity index (χ2v) is 5.87. The van der Waals surface area contributed by atoms with E-state index >= 15 is 0 Å². The Morgan fingerprint density at radius 3 is 2.41 bits per heavy atom. The highest BCUT2D eigenvalue weighted by atomic mass is 16.4.